The first kappa shape index (κ1) is 11.7. The van der Waals surface area contributed by atoms with E-state index >= 15 is 0 Å². The summed E-state index contributed by atoms with van der Waals surface area (Å²) in [4.78, 5) is 0. The van der Waals surface area contributed by atoms with Crippen LogP contribution in [-0.2, 0) is 0 Å². The van der Waals surface area contributed by atoms with Crippen molar-refractivity contribution in [3.8, 4) is 0 Å². The average molecular weight is 230 g/mol. The fraction of sp³-hybridized carbons (Fsp3) is 0.467. The van der Waals surface area contributed by atoms with Crippen LogP contribution < -0.4 is 5.19 Å². The summed E-state index contributed by atoms with van der Waals surface area (Å²) in [5.41, 5.74) is 6.03. The van der Waals surface area contributed by atoms with Gasteiger partial charge < -0.3 is 0 Å². The van der Waals surface area contributed by atoms with E-state index in [-0.39, 0.29) is 0 Å². The number of allylic oxidation sites excluding steroid dienone is 1. The van der Waals surface area contributed by atoms with Gasteiger partial charge in [-0.1, -0.05) is 35.9 Å². The highest BCUT2D eigenvalue weighted by molar-refractivity contribution is 6.33. The first-order valence-corrected chi connectivity index (χ1v) is 7.35. The van der Waals surface area contributed by atoms with Gasteiger partial charge in [0.25, 0.3) is 0 Å². The van der Waals surface area contributed by atoms with E-state index in [1.54, 1.807) is 10.8 Å². The normalized spacial score (nSPS) is 21.4. The molecule has 0 aromatic heterocycles. The Morgan fingerprint density at radius 2 is 1.94 bits per heavy atom. The smallest absolute Gasteiger partial charge is 0.0388 e. The molecule has 0 heterocycles. The van der Waals surface area contributed by atoms with Crippen molar-refractivity contribution in [1.29, 1.82) is 0 Å². The third-order valence-corrected chi connectivity index (χ3v) is 5.29. The Hall–Kier alpha value is -0.823. The SMILES string of the molecule is C=C1CCCCC1c1ccc([SiH3])c(C)c1C. The van der Waals surface area contributed by atoms with Crippen LogP contribution in [0.4, 0.5) is 0 Å². The minimum atomic E-state index is 0.634. The maximum Gasteiger partial charge on any atom is 0.0388 e. The van der Waals surface area contributed by atoms with Crippen LogP contribution in [0, 0.1) is 13.8 Å². The molecule has 1 unspecified atom stereocenters. The highest BCUT2D eigenvalue weighted by Crippen LogP contribution is 2.37. The van der Waals surface area contributed by atoms with E-state index in [9.17, 15) is 0 Å². The summed E-state index contributed by atoms with van der Waals surface area (Å²) in [5.74, 6) is 0.634. The van der Waals surface area contributed by atoms with E-state index in [2.05, 4.69) is 32.6 Å². The van der Waals surface area contributed by atoms with Gasteiger partial charge in [-0.3, -0.25) is 0 Å². The van der Waals surface area contributed by atoms with Crippen molar-refractivity contribution in [3.63, 3.8) is 0 Å². The molecular formula is C15H22Si. The summed E-state index contributed by atoms with van der Waals surface area (Å²) < 4.78 is 0. The van der Waals surface area contributed by atoms with Gasteiger partial charge in [0, 0.05) is 16.2 Å². The summed E-state index contributed by atoms with van der Waals surface area (Å²) in [6.45, 7) is 8.83. The molecule has 1 aromatic rings. The fourth-order valence-corrected chi connectivity index (χ4v) is 3.35. The lowest BCUT2D eigenvalue weighted by Gasteiger charge is -2.27. The van der Waals surface area contributed by atoms with Crippen LogP contribution in [0.25, 0.3) is 0 Å². The van der Waals surface area contributed by atoms with Crippen LogP contribution in [0.2, 0.25) is 0 Å². The lowest BCUT2D eigenvalue weighted by molar-refractivity contribution is 0.541. The van der Waals surface area contributed by atoms with Gasteiger partial charge in [-0.05, 0) is 49.8 Å². The van der Waals surface area contributed by atoms with E-state index < -0.39 is 0 Å². The van der Waals surface area contributed by atoms with Gasteiger partial charge in [0.1, 0.15) is 0 Å². The number of hydrogen-bond acceptors (Lipinski definition) is 0. The summed E-state index contributed by atoms with van der Waals surface area (Å²) >= 11 is 0. The van der Waals surface area contributed by atoms with Crippen molar-refractivity contribution < 1.29 is 0 Å². The first-order valence-electron chi connectivity index (χ1n) is 6.35. The minimum Gasteiger partial charge on any atom is -0.0992 e. The Balaban J connectivity index is 2.40. The molecule has 1 aromatic carbocycles. The van der Waals surface area contributed by atoms with Crippen molar-refractivity contribution >= 4 is 15.4 Å². The van der Waals surface area contributed by atoms with Crippen LogP contribution >= 0.6 is 0 Å². The lowest BCUT2D eigenvalue weighted by Crippen LogP contribution is -2.15. The third kappa shape index (κ3) is 2.01. The molecule has 0 bridgehead atoms. The van der Waals surface area contributed by atoms with Gasteiger partial charge in [0.05, 0.1) is 0 Å². The van der Waals surface area contributed by atoms with Crippen molar-refractivity contribution in [3.05, 3.63) is 41.0 Å². The fourth-order valence-electron chi connectivity index (χ4n) is 2.81. The average Bonchev–Trinajstić information content (AvgIpc) is 2.28. The number of rotatable bonds is 1. The molecule has 1 heteroatoms. The van der Waals surface area contributed by atoms with Gasteiger partial charge in [-0.15, -0.1) is 0 Å². The summed E-state index contributed by atoms with van der Waals surface area (Å²) in [6.07, 6.45) is 5.24. The molecule has 0 radical (unpaired) electrons. The van der Waals surface area contributed by atoms with E-state index in [1.807, 2.05) is 0 Å². The summed E-state index contributed by atoms with van der Waals surface area (Å²) in [6, 6.07) is 4.68. The van der Waals surface area contributed by atoms with Crippen LogP contribution in [0.15, 0.2) is 24.3 Å². The van der Waals surface area contributed by atoms with Gasteiger partial charge in [-0.25, -0.2) is 0 Å². The molecule has 1 aliphatic carbocycles. The Morgan fingerprint density at radius 3 is 2.62 bits per heavy atom. The molecule has 1 saturated carbocycles. The van der Waals surface area contributed by atoms with Gasteiger partial charge in [-0.2, -0.15) is 0 Å². The Morgan fingerprint density at radius 1 is 1.19 bits per heavy atom. The highest BCUT2D eigenvalue weighted by atomic mass is 28.1. The maximum absolute atomic E-state index is 4.27. The van der Waals surface area contributed by atoms with Crippen LogP contribution in [0.1, 0.15) is 48.3 Å². The van der Waals surface area contributed by atoms with Crippen LogP contribution in [0.3, 0.4) is 0 Å². The van der Waals surface area contributed by atoms with E-state index in [1.165, 1.54) is 42.4 Å². The monoisotopic (exact) mass is 230 g/mol. The zero-order valence-corrected chi connectivity index (χ0v) is 12.8. The van der Waals surface area contributed by atoms with Gasteiger partial charge >= 0.3 is 0 Å². The van der Waals surface area contributed by atoms with E-state index in [0.29, 0.717) is 5.92 Å². The standard InChI is InChI=1S/C15H22Si/c1-10-6-4-5-7-13(10)14-8-9-15(16)12(3)11(14)2/h8-9,13H,1,4-7H2,2-3,16H3. The first-order chi connectivity index (χ1) is 7.61. The second-order valence-electron chi connectivity index (χ2n) is 5.18. The molecule has 0 nitrogen and oxygen atoms in total. The molecular weight excluding hydrogens is 208 g/mol. The zero-order valence-electron chi connectivity index (χ0n) is 10.8. The van der Waals surface area contributed by atoms with Gasteiger partial charge in [0.2, 0.25) is 0 Å². The van der Waals surface area contributed by atoms with Crippen molar-refractivity contribution in [2.45, 2.75) is 45.4 Å². The Labute approximate surface area is 102 Å². The third-order valence-electron chi connectivity index (χ3n) is 4.21. The largest absolute Gasteiger partial charge is 0.0992 e. The molecule has 1 aliphatic rings. The number of hydrogen-bond donors (Lipinski definition) is 0. The molecule has 2 rings (SSSR count). The number of benzene rings is 1. The Bertz CT molecular complexity index is 418. The Kier molecular flexibility index (Phi) is 3.34. The topological polar surface area (TPSA) is 0 Å². The predicted octanol–water partition coefficient (Wildman–Crippen LogP) is 2.51. The molecule has 0 amide bonds. The summed E-state index contributed by atoms with van der Waals surface area (Å²) in [5, 5.41) is 1.54. The van der Waals surface area contributed by atoms with Crippen molar-refractivity contribution in [2.24, 2.45) is 0 Å². The lowest BCUT2D eigenvalue weighted by atomic mass is 9.78. The molecule has 0 N–H and O–H groups in total. The quantitative estimate of drug-likeness (QED) is 0.514. The second-order valence-corrected chi connectivity index (χ2v) is 6.26. The molecule has 0 saturated heterocycles. The second kappa shape index (κ2) is 4.58. The van der Waals surface area contributed by atoms with Gasteiger partial charge in [0.15, 0.2) is 0 Å². The summed E-state index contributed by atoms with van der Waals surface area (Å²) in [7, 11) is 1.16. The molecule has 1 atom stereocenters. The zero-order chi connectivity index (χ0) is 11.7. The molecule has 16 heavy (non-hydrogen) atoms. The van der Waals surface area contributed by atoms with Crippen LogP contribution in [-0.4, -0.2) is 10.2 Å². The predicted molar refractivity (Wildman–Crippen MR) is 75.8 cm³/mol. The highest BCUT2D eigenvalue weighted by Gasteiger charge is 2.21. The van der Waals surface area contributed by atoms with Crippen molar-refractivity contribution in [2.75, 3.05) is 0 Å². The minimum absolute atomic E-state index is 0.634. The maximum atomic E-state index is 4.27. The molecule has 0 spiro atoms. The molecule has 86 valence electrons. The van der Waals surface area contributed by atoms with E-state index in [4.69, 9.17) is 0 Å². The van der Waals surface area contributed by atoms with E-state index in [0.717, 1.165) is 10.2 Å². The molecule has 0 aliphatic heterocycles. The van der Waals surface area contributed by atoms with Crippen LogP contribution in [0.5, 0.6) is 0 Å². The molecule has 1 fully saturated rings. The van der Waals surface area contributed by atoms with Crippen molar-refractivity contribution in [1.82, 2.24) is 0 Å².